The summed E-state index contributed by atoms with van der Waals surface area (Å²) >= 11 is 0. The Balaban J connectivity index is 0.0000113. The maximum absolute atomic E-state index is 15.2. The molecule has 613 valence electrons. The SMILES string of the molecule is CC(C)(C)c1cc(-c2c3nc(c4c5ccc([n-]5)c(-c5cc(C(C)(C)C)cc(C(C)(C)C)c5)c5nc(c(c6ccc2[n-]6)-c2c6cccc2NC(=O)[C@@H]2C[C@H]2C(=O)OCCCCCCCCOC(=O)[C@@H]2C[C@H]2C(=O)Nc2cccc(c2-4)NC(=O)[C@@H]2C[C@H]2C(=O)OCCCCCCCCOC(=O)[C@@H]2C[C@H]2C(=O)N6)C=C5)C=C3)cc(C(C)(C)C)c1.[Co+2]. The number of nitrogens with one attached hydrogen (secondary N) is 4. The molecule has 4 aromatic carbocycles. The molecular formula is C96H108CoN8O12. The molecule has 0 unspecified atom stereocenters. The van der Waals surface area contributed by atoms with Crippen molar-refractivity contribution in [1.82, 2.24) is 19.9 Å². The average Bonchev–Trinajstić information content (AvgIpc) is 1.64. The third kappa shape index (κ3) is 18.5. The van der Waals surface area contributed by atoms with Crippen LogP contribution in [0.15, 0.2) is 97.1 Å². The Morgan fingerprint density at radius 2 is 0.530 bits per heavy atom. The first-order valence-electron chi connectivity index (χ1n) is 41.9. The van der Waals surface area contributed by atoms with Gasteiger partial charge in [-0.2, -0.15) is 0 Å². The largest absolute Gasteiger partial charge is 2.00 e. The molecular weight excluding hydrogens is 1520 g/mol. The van der Waals surface area contributed by atoms with Crippen molar-refractivity contribution in [3.8, 4) is 44.5 Å². The molecule has 4 fully saturated rings. The van der Waals surface area contributed by atoms with Crippen molar-refractivity contribution in [3.63, 3.8) is 0 Å². The summed E-state index contributed by atoms with van der Waals surface area (Å²) in [5.74, 6) is -9.14. The molecule has 7 aromatic rings. The van der Waals surface area contributed by atoms with Crippen LogP contribution in [0.2, 0.25) is 0 Å². The van der Waals surface area contributed by atoms with Gasteiger partial charge in [-0.15, -0.1) is 22.1 Å². The van der Waals surface area contributed by atoms with E-state index in [-0.39, 0.29) is 90.5 Å². The maximum atomic E-state index is 15.2. The number of anilines is 4. The van der Waals surface area contributed by atoms with Crippen LogP contribution in [-0.2, 0) is 95.7 Å². The van der Waals surface area contributed by atoms with Gasteiger partial charge in [-0.25, -0.2) is 9.97 Å². The predicted molar refractivity (Wildman–Crippen MR) is 453 cm³/mol. The molecule has 1 radical (unpaired) electrons. The molecule has 4 N–H and O–H groups in total. The van der Waals surface area contributed by atoms with Gasteiger partial charge in [0.2, 0.25) is 23.6 Å². The molecule has 21 heteroatoms. The Morgan fingerprint density at radius 3 is 0.778 bits per heavy atom. The average molecular weight is 1620 g/mol. The van der Waals surface area contributed by atoms with Crippen LogP contribution in [0.3, 0.4) is 0 Å². The number of rotatable bonds is 2. The Kier molecular flexibility index (Phi) is 23.9. The van der Waals surface area contributed by atoms with Gasteiger partial charge in [-0.05, 0) is 177 Å². The standard InChI is InChI=1S/C96H110N8O12.Co/c1-93(2,3)55-43-53(44-56(47-55)94(4,5)6)79-71-31-35-75(97-71)83-77-37-33-73(99-77)80(54-45-57(95(7,8)9)48-58(46-54)96(10,11)12)74-34-38-78(100-74)84(76-36-32-72(79)98-76)82-68-28-26-30-70(82)104-88(108)62-52-66(62)92(112)116-42-24-20-16-15-19-23-41-115-91(111)65-51-61(65)87(107)103-69-29-25-27-67(81(69)83)101-85(105)59-49-63(59)89(109)113-39-21-17-13-14-18-22-40-114-90(110)64-50-60(64)86(106)102-68;/h25-38,43-48,59-66H,13-24,39-42,49-52H2,1-12H3,(H6,97,98,99,100,101,102,103,104,105,106,107,108);/q;+2/p-2/t59-,60-,61-,62-,63-,64-,65-,66-;/m1./s1. The molecule has 6 aliphatic heterocycles. The van der Waals surface area contributed by atoms with Gasteiger partial charge in [-0.1, -0.05) is 207 Å². The van der Waals surface area contributed by atoms with E-state index in [1.54, 1.807) is 36.4 Å². The molecule has 3 aromatic heterocycles. The molecule has 117 heavy (non-hydrogen) atoms. The van der Waals surface area contributed by atoms with Crippen molar-refractivity contribution >= 4 is 117 Å². The Bertz CT molecular complexity index is 4830. The second-order valence-corrected chi connectivity index (χ2v) is 37.1. The van der Waals surface area contributed by atoms with E-state index in [4.69, 9.17) is 38.9 Å². The zero-order chi connectivity index (χ0) is 81.9. The summed E-state index contributed by atoms with van der Waals surface area (Å²) in [7, 11) is 0. The van der Waals surface area contributed by atoms with Gasteiger partial charge in [-0.3, -0.25) is 38.4 Å². The second kappa shape index (κ2) is 33.6. The third-order valence-electron chi connectivity index (χ3n) is 24.0. The molecule has 4 aliphatic carbocycles. The molecule has 0 saturated heterocycles. The predicted octanol–water partition coefficient (Wildman–Crippen LogP) is 18.9. The van der Waals surface area contributed by atoms with Crippen molar-refractivity contribution in [3.05, 3.63) is 142 Å². The smallest absolute Gasteiger partial charge is 0.657 e. The first-order valence-corrected chi connectivity index (χ1v) is 41.9. The zero-order valence-electron chi connectivity index (χ0n) is 69.3. The van der Waals surface area contributed by atoms with E-state index in [1.165, 1.54) is 0 Å². The molecule has 20 nitrogen and oxygen atoms in total. The van der Waals surface area contributed by atoms with Crippen molar-refractivity contribution in [2.45, 2.75) is 207 Å². The summed E-state index contributed by atoms with van der Waals surface area (Å²) in [6.45, 7) is 26.9. The number of hydrogen-bond acceptors (Lipinski definition) is 14. The number of fused-ring (bicyclic) bond motifs is 26. The van der Waals surface area contributed by atoms with Crippen LogP contribution in [0.25, 0.3) is 90.9 Å². The van der Waals surface area contributed by atoms with E-state index in [0.29, 0.717) is 127 Å². The van der Waals surface area contributed by atoms with Gasteiger partial charge >= 0.3 is 40.7 Å². The van der Waals surface area contributed by atoms with Gasteiger partial charge in [0.05, 0.1) is 119 Å². The van der Waals surface area contributed by atoms with Crippen molar-refractivity contribution in [2.75, 3.05) is 47.7 Å². The number of amides is 4. The maximum Gasteiger partial charge on any atom is 2.00 e. The minimum absolute atomic E-state index is 0. The van der Waals surface area contributed by atoms with Crippen LogP contribution in [0.5, 0.6) is 0 Å². The number of benzene rings is 4. The van der Waals surface area contributed by atoms with Crippen LogP contribution >= 0.6 is 0 Å². The van der Waals surface area contributed by atoms with Gasteiger partial charge < -0.3 is 50.2 Å². The second-order valence-electron chi connectivity index (χ2n) is 37.1. The minimum Gasteiger partial charge on any atom is -0.657 e. The molecule has 4 saturated carbocycles. The molecule has 8 atom stereocenters. The minimum atomic E-state index is -0.730. The number of hydrogen-bond donors (Lipinski definition) is 4. The fourth-order valence-corrected chi connectivity index (χ4v) is 16.4. The zero-order valence-corrected chi connectivity index (χ0v) is 70.4. The fourth-order valence-electron chi connectivity index (χ4n) is 16.4. The van der Waals surface area contributed by atoms with Crippen molar-refractivity contribution < 1.29 is 74.1 Å². The molecule has 10 aliphatic rings. The van der Waals surface area contributed by atoms with Crippen LogP contribution < -0.4 is 31.2 Å². The quantitative estimate of drug-likeness (QED) is 0.0925. The van der Waals surface area contributed by atoms with Crippen molar-refractivity contribution in [2.24, 2.45) is 47.3 Å². The molecule has 12 bridgehead atoms. The van der Waals surface area contributed by atoms with Crippen LogP contribution in [0.1, 0.15) is 231 Å². The number of esters is 4. The molecule has 9 heterocycles. The van der Waals surface area contributed by atoms with Crippen LogP contribution in [0, 0.1) is 47.3 Å². The summed E-state index contributed by atoms with van der Waals surface area (Å²) < 4.78 is 23.4. The van der Waals surface area contributed by atoms with Crippen LogP contribution in [0.4, 0.5) is 22.7 Å². The fraction of sp³-hybridized carbons (Fsp3) is 0.458. The number of aromatic nitrogens is 4. The van der Waals surface area contributed by atoms with E-state index in [0.717, 1.165) is 84.7 Å². The molecule has 4 amide bonds. The summed E-state index contributed by atoms with van der Waals surface area (Å²) in [5.41, 5.74) is 12.0. The van der Waals surface area contributed by atoms with E-state index in [9.17, 15) is 19.2 Å². The number of carbonyl (C=O) groups excluding carboxylic acids is 8. The topological polar surface area (TPSA) is 276 Å². The van der Waals surface area contributed by atoms with Gasteiger partial charge in [0.1, 0.15) is 0 Å². The Hall–Kier alpha value is -10.3. The summed E-state index contributed by atoms with van der Waals surface area (Å²) in [4.78, 5) is 139. The first-order chi connectivity index (χ1) is 55.3. The Morgan fingerprint density at radius 1 is 0.299 bits per heavy atom. The van der Waals surface area contributed by atoms with E-state index < -0.39 is 94.8 Å². The number of ether oxygens (including phenoxy) is 4. The third-order valence-corrected chi connectivity index (χ3v) is 24.0. The molecule has 17 rings (SSSR count). The van der Waals surface area contributed by atoms with Gasteiger partial charge in [0.15, 0.2) is 0 Å². The summed E-state index contributed by atoms with van der Waals surface area (Å²) in [6, 6.07) is 31.6. The van der Waals surface area contributed by atoms with E-state index in [1.807, 2.05) is 48.6 Å². The van der Waals surface area contributed by atoms with Gasteiger partial charge in [0.25, 0.3) is 0 Å². The number of nitrogens with zero attached hydrogens (tertiary/aromatic N) is 4. The van der Waals surface area contributed by atoms with Crippen LogP contribution in [-0.4, -0.2) is 83.9 Å². The first kappa shape index (κ1) is 83.2. The Labute approximate surface area is 695 Å². The van der Waals surface area contributed by atoms with E-state index >= 15 is 19.2 Å². The summed E-state index contributed by atoms with van der Waals surface area (Å²) in [5, 5.41) is 13.1. The number of carbonyl (C=O) groups is 8. The van der Waals surface area contributed by atoms with E-state index in [2.05, 4.69) is 141 Å². The monoisotopic (exact) mass is 1620 g/mol. The van der Waals surface area contributed by atoms with Crippen molar-refractivity contribution in [1.29, 1.82) is 0 Å². The molecule has 0 spiro atoms. The normalized spacial score (nSPS) is 22.7. The van der Waals surface area contributed by atoms with Gasteiger partial charge in [0, 0.05) is 11.1 Å². The summed E-state index contributed by atoms with van der Waals surface area (Å²) in [6.07, 6.45) is 17.9.